The molecule has 2 aromatic carbocycles. The molecule has 0 aliphatic carbocycles. The first-order chi connectivity index (χ1) is 8.47. The van der Waals surface area contributed by atoms with Gasteiger partial charge in [-0.3, -0.25) is 0 Å². The zero-order valence-corrected chi connectivity index (χ0v) is 11.7. The molecule has 0 aromatic heterocycles. The van der Waals surface area contributed by atoms with Crippen LogP contribution in [-0.2, 0) is 6.42 Å². The Morgan fingerprint density at radius 1 is 1.00 bits per heavy atom. The predicted octanol–water partition coefficient (Wildman–Crippen LogP) is 4.56. The second-order valence-corrected chi connectivity index (χ2v) is 5.26. The molecule has 2 heteroatoms. The fraction of sp³-hybridized carbons (Fsp3) is 0.250. The minimum Gasteiger partial charge on any atom is -0.506 e. The molecule has 2 rings (SSSR count). The topological polar surface area (TPSA) is 20.2 Å². The highest BCUT2D eigenvalue weighted by Gasteiger charge is 2.07. The summed E-state index contributed by atoms with van der Waals surface area (Å²) in [7, 11) is 0. The molecule has 0 aliphatic rings. The summed E-state index contributed by atoms with van der Waals surface area (Å²) in [5.74, 6) is 0.182. The summed E-state index contributed by atoms with van der Waals surface area (Å²) in [5, 5.41) is 10.1. The molecule has 0 fully saturated rings. The van der Waals surface area contributed by atoms with Gasteiger partial charge in [-0.2, -0.15) is 0 Å². The van der Waals surface area contributed by atoms with Gasteiger partial charge < -0.3 is 5.11 Å². The number of halogens is 1. The van der Waals surface area contributed by atoms with E-state index in [9.17, 15) is 5.11 Å². The predicted molar refractivity (Wildman–Crippen MR) is 76.6 cm³/mol. The highest BCUT2D eigenvalue weighted by molar-refractivity contribution is 6.32. The second kappa shape index (κ2) is 5.03. The van der Waals surface area contributed by atoms with Crippen LogP contribution in [0, 0.1) is 20.8 Å². The molecule has 0 radical (unpaired) electrons. The lowest BCUT2D eigenvalue weighted by molar-refractivity contribution is 0.471. The molecule has 0 aliphatic heterocycles. The van der Waals surface area contributed by atoms with E-state index in [1.54, 1.807) is 0 Å². The lowest BCUT2D eigenvalue weighted by atomic mass is 9.97. The van der Waals surface area contributed by atoms with Crippen LogP contribution in [0.15, 0.2) is 30.3 Å². The molecule has 94 valence electrons. The fourth-order valence-corrected chi connectivity index (χ4v) is 2.41. The summed E-state index contributed by atoms with van der Waals surface area (Å²) in [4.78, 5) is 0. The molecule has 18 heavy (non-hydrogen) atoms. The van der Waals surface area contributed by atoms with Crippen molar-refractivity contribution >= 4 is 11.6 Å². The zero-order valence-electron chi connectivity index (χ0n) is 10.9. The van der Waals surface area contributed by atoms with Crippen molar-refractivity contribution in [3.05, 3.63) is 63.2 Å². The number of hydrogen-bond acceptors (Lipinski definition) is 1. The van der Waals surface area contributed by atoms with Crippen molar-refractivity contribution in [2.24, 2.45) is 0 Å². The third kappa shape index (κ3) is 2.68. The molecule has 1 N–H and O–H groups in total. The largest absolute Gasteiger partial charge is 0.506 e. The van der Waals surface area contributed by atoms with E-state index in [0.717, 1.165) is 17.5 Å². The Labute approximate surface area is 113 Å². The summed E-state index contributed by atoms with van der Waals surface area (Å²) in [5.41, 5.74) is 5.79. The van der Waals surface area contributed by atoms with Gasteiger partial charge in [0, 0.05) is 0 Å². The smallest absolute Gasteiger partial charge is 0.137 e. The summed E-state index contributed by atoms with van der Waals surface area (Å²) in [6.07, 6.45) is 0.842. The molecule has 0 unspecified atom stereocenters. The highest BCUT2D eigenvalue weighted by atomic mass is 35.5. The van der Waals surface area contributed by atoms with Crippen molar-refractivity contribution in [1.82, 2.24) is 0 Å². The lowest BCUT2D eigenvalue weighted by Gasteiger charge is -2.10. The average Bonchev–Trinajstić information content (AvgIpc) is 2.31. The van der Waals surface area contributed by atoms with E-state index >= 15 is 0 Å². The second-order valence-electron chi connectivity index (χ2n) is 4.85. The Bertz CT molecular complexity index is 565. The summed E-state index contributed by atoms with van der Waals surface area (Å²) in [6, 6.07) is 10.3. The van der Waals surface area contributed by atoms with Gasteiger partial charge in [0.2, 0.25) is 0 Å². The van der Waals surface area contributed by atoms with Gasteiger partial charge in [0.15, 0.2) is 0 Å². The minimum absolute atomic E-state index is 0.182. The van der Waals surface area contributed by atoms with Crippen LogP contribution in [0.1, 0.15) is 27.8 Å². The van der Waals surface area contributed by atoms with Gasteiger partial charge >= 0.3 is 0 Å². The van der Waals surface area contributed by atoms with Crippen LogP contribution < -0.4 is 0 Å². The molecular weight excluding hydrogens is 244 g/mol. The normalized spacial score (nSPS) is 10.7. The van der Waals surface area contributed by atoms with Crippen LogP contribution in [0.2, 0.25) is 5.02 Å². The Kier molecular flexibility index (Phi) is 3.63. The van der Waals surface area contributed by atoms with Crippen molar-refractivity contribution in [3.63, 3.8) is 0 Å². The van der Waals surface area contributed by atoms with Gasteiger partial charge in [-0.1, -0.05) is 41.4 Å². The molecule has 0 saturated carbocycles. The highest BCUT2D eigenvalue weighted by Crippen LogP contribution is 2.29. The van der Waals surface area contributed by atoms with Gasteiger partial charge in [0.25, 0.3) is 0 Å². The van der Waals surface area contributed by atoms with Gasteiger partial charge in [0.1, 0.15) is 5.75 Å². The van der Waals surface area contributed by atoms with Crippen molar-refractivity contribution in [3.8, 4) is 5.75 Å². The number of benzene rings is 2. The number of aromatic hydroxyl groups is 1. The average molecular weight is 261 g/mol. The zero-order chi connectivity index (χ0) is 13.3. The molecule has 0 bridgehead atoms. The van der Waals surface area contributed by atoms with E-state index in [4.69, 9.17) is 11.6 Å². The van der Waals surface area contributed by atoms with Crippen LogP contribution in [-0.4, -0.2) is 5.11 Å². The maximum absolute atomic E-state index is 9.66. The molecule has 0 heterocycles. The Morgan fingerprint density at radius 3 is 2.39 bits per heavy atom. The van der Waals surface area contributed by atoms with Crippen molar-refractivity contribution < 1.29 is 5.11 Å². The molecular formula is C16H17ClO. The minimum atomic E-state index is 0.182. The van der Waals surface area contributed by atoms with E-state index in [1.807, 2.05) is 19.1 Å². The molecule has 0 amide bonds. The Balaban J connectivity index is 2.37. The standard InChI is InChI=1S/C16H17ClO/c1-10-4-5-11(2)14(6-10)8-13-7-12(3)16(18)15(17)9-13/h4-7,9,18H,8H2,1-3H3. The van der Waals surface area contributed by atoms with Crippen LogP contribution in [0.3, 0.4) is 0 Å². The third-order valence-electron chi connectivity index (χ3n) is 3.21. The Morgan fingerprint density at radius 2 is 1.72 bits per heavy atom. The van der Waals surface area contributed by atoms with Gasteiger partial charge in [-0.25, -0.2) is 0 Å². The number of phenolic OH excluding ortho intramolecular Hbond substituents is 1. The quantitative estimate of drug-likeness (QED) is 0.839. The third-order valence-corrected chi connectivity index (χ3v) is 3.50. The molecule has 1 nitrogen and oxygen atoms in total. The van der Waals surface area contributed by atoms with Crippen molar-refractivity contribution in [1.29, 1.82) is 0 Å². The molecule has 0 atom stereocenters. The lowest BCUT2D eigenvalue weighted by Crippen LogP contribution is -1.94. The van der Waals surface area contributed by atoms with Crippen LogP contribution in [0.25, 0.3) is 0 Å². The SMILES string of the molecule is Cc1ccc(C)c(Cc2cc(C)c(O)c(Cl)c2)c1. The number of rotatable bonds is 2. The maximum Gasteiger partial charge on any atom is 0.137 e. The maximum atomic E-state index is 9.66. The van der Waals surface area contributed by atoms with E-state index in [2.05, 4.69) is 32.0 Å². The van der Waals surface area contributed by atoms with Crippen LogP contribution in [0.5, 0.6) is 5.75 Å². The van der Waals surface area contributed by atoms with Crippen LogP contribution >= 0.6 is 11.6 Å². The molecule has 2 aromatic rings. The fourth-order valence-electron chi connectivity index (χ4n) is 2.12. The van der Waals surface area contributed by atoms with E-state index < -0.39 is 0 Å². The van der Waals surface area contributed by atoms with Crippen LogP contribution in [0.4, 0.5) is 0 Å². The Hall–Kier alpha value is -1.47. The summed E-state index contributed by atoms with van der Waals surface area (Å²) in [6.45, 7) is 6.08. The van der Waals surface area contributed by atoms with Crippen molar-refractivity contribution in [2.75, 3.05) is 0 Å². The first-order valence-electron chi connectivity index (χ1n) is 6.01. The first kappa shape index (κ1) is 13.0. The van der Waals surface area contributed by atoms with Gasteiger partial charge in [0.05, 0.1) is 5.02 Å². The molecule has 0 spiro atoms. The molecule has 0 saturated heterocycles. The van der Waals surface area contributed by atoms with Gasteiger partial charge in [-0.05, 0) is 55.5 Å². The summed E-state index contributed by atoms with van der Waals surface area (Å²) < 4.78 is 0. The monoisotopic (exact) mass is 260 g/mol. The summed E-state index contributed by atoms with van der Waals surface area (Å²) >= 11 is 6.01. The number of phenols is 1. The number of aryl methyl sites for hydroxylation is 3. The van der Waals surface area contributed by atoms with E-state index in [-0.39, 0.29) is 5.75 Å². The number of hydrogen-bond donors (Lipinski definition) is 1. The van der Waals surface area contributed by atoms with E-state index in [0.29, 0.717) is 5.02 Å². The van der Waals surface area contributed by atoms with E-state index in [1.165, 1.54) is 16.7 Å². The van der Waals surface area contributed by atoms with Crippen molar-refractivity contribution in [2.45, 2.75) is 27.2 Å². The van der Waals surface area contributed by atoms with Gasteiger partial charge in [-0.15, -0.1) is 0 Å². The first-order valence-corrected chi connectivity index (χ1v) is 6.39.